The quantitative estimate of drug-likeness (QED) is 0.634. The van der Waals surface area contributed by atoms with Gasteiger partial charge < -0.3 is 0 Å². The highest BCUT2D eigenvalue weighted by Crippen LogP contribution is 2.30. The largest absolute Gasteiger partial charge is 0.379 e. The molecule has 0 atom stereocenters. The molecule has 0 fully saturated rings. The predicted molar refractivity (Wildman–Crippen MR) is 59.2 cm³/mol. The van der Waals surface area contributed by atoms with Crippen LogP contribution in [0.4, 0.5) is 13.2 Å². The minimum absolute atomic E-state index is 0.321. The lowest BCUT2D eigenvalue weighted by molar-refractivity contribution is 0.00819. The number of thioether (sulfide) groups is 1. The van der Waals surface area contributed by atoms with Crippen LogP contribution in [0.25, 0.3) is 0 Å². The molecule has 4 heteroatoms. The van der Waals surface area contributed by atoms with Gasteiger partial charge in [-0.2, -0.15) is 13.2 Å². The third kappa shape index (κ3) is 11.3. The first-order chi connectivity index (χ1) is 6.81. The molecule has 1 rings (SSSR count). The topological polar surface area (TPSA) is 0 Å². The molecule has 1 aromatic carbocycles. The number of hydrogen-bond donors (Lipinski definition) is 0. The van der Waals surface area contributed by atoms with Crippen LogP contribution in [-0.2, 0) is 0 Å². The van der Waals surface area contributed by atoms with E-state index < -0.39 is 6.68 Å². The molecule has 0 nitrogen and oxygen atoms in total. The van der Waals surface area contributed by atoms with Crippen LogP contribution in [0.1, 0.15) is 20.8 Å². The SMILES string of the molecule is CC(C)(C)Sc1ccccc1.FC(F)F. The van der Waals surface area contributed by atoms with Crippen LogP contribution in [0.5, 0.6) is 0 Å². The van der Waals surface area contributed by atoms with Crippen LogP contribution < -0.4 is 0 Å². The van der Waals surface area contributed by atoms with Crippen molar-refractivity contribution in [1.82, 2.24) is 0 Å². The standard InChI is InChI=1S/C10H14S.CHF3/c1-10(2,3)11-9-7-5-4-6-8-9;2-1(3)4/h4-8H,1-3H3;1H. The van der Waals surface area contributed by atoms with Crippen molar-refractivity contribution in [3.05, 3.63) is 30.3 Å². The molecule has 0 saturated carbocycles. The van der Waals surface area contributed by atoms with Gasteiger partial charge in [-0.3, -0.25) is 0 Å². The molecule has 0 N–H and O–H groups in total. The molecule has 0 aliphatic rings. The van der Waals surface area contributed by atoms with Gasteiger partial charge in [-0.25, -0.2) is 0 Å². The lowest BCUT2D eigenvalue weighted by Crippen LogP contribution is -2.06. The maximum atomic E-state index is 9.67. The van der Waals surface area contributed by atoms with E-state index in [0.29, 0.717) is 4.75 Å². The van der Waals surface area contributed by atoms with Gasteiger partial charge in [-0.1, -0.05) is 39.0 Å². The summed E-state index contributed by atoms with van der Waals surface area (Å²) in [7, 11) is 0. The average molecular weight is 236 g/mol. The van der Waals surface area contributed by atoms with Crippen LogP contribution in [0.15, 0.2) is 35.2 Å². The Hall–Kier alpha value is -0.640. The molecule has 0 bridgehead atoms. The predicted octanol–water partition coefficient (Wildman–Crippen LogP) is 4.76. The van der Waals surface area contributed by atoms with Crippen molar-refractivity contribution in [1.29, 1.82) is 0 Å². The Bertz CT molecular complexity index is 252. The number of alkyl halides is 3. The Kier molecular flexibility index (Phi) is 6.48. The van der Waals surface area contributed by atoms with Crippen LogP contribution in [-0.4, -0.2) is 11.4 Å². The van der Waals surface area contributed by atoms with E-state index in [4.69, 9.17) is 0 Å². The van der Waals surface area contributed by atoms with Gasteiger partial charge in [-0.15, -0.1) is 11.8 Å². The molecule has 0 radical (unpaired) electrons. The normalized spacial score (nSPS) is 10.9. The first-order valence-corrected chi connectivity index (χ1v) is 5.29. The molecule has 0 spiro atoms. The maximum Gasteiger partial charge on any atom is 0.379 e. The zero-order chi connectivity index (χ0) is 11.9. The molecule has 0 saturated heterocycles. The minimum Gasteiger partial charge on any atom is -0.174 e. The van der Waals surface area contributed by atoms with Crippen LogP contribution in [0.2, 0.25) is 0 Å². The van der Waals surface area contributed by atoms with Gasteiger partial charge in [0.2, 0.25) is 0 Å². The first-order valence-electron chi connectivity index (χ1n) is 4.47. The van der Waals surface area contributed by atoms with Crippen LogP contribution >= 0.6 is 11.8 Å². The Morgan fingerprint density at radius 3 is 1.73 bits per heavy atom. The molecule has 15 heavy (non-hydrogen) atoms. The molecule has 0 aromatic heterocycles. The van der Waals surface area contributed by atoms with Crippen LogP contribution in [0, 0.1) is 0 Å². The summed E-state index contributed by atoms with van der Waals surface area (Å²) in [6, 6.07) is 10.5. The fourth-order valence-corrected chi connectivity index (χ4v) is 1.84. The summed E-state index contributed by atoms with van der Waals surface area (Å²) in [5.41, 5.74) is 0. The number of benzene rings is 1. The molecular formula is C11H15F3S. The number of halogens is 3. The smallest absolute Gasteiger partial charge is 0.174 e. The molecule has 0 unspecified atom stereocenters. The summed E-state index contributed by atoms with van der Waals surface area (Å²) in [4.78, 5) is 1.35. The number of hydrogen-bond acceptors (Lipinski definition) is 1. The van der Waals surface area contributed by atoms with Crippen molar-refractivity contribution in [2.24, 2.45) is 0 Å². The summed E-state index contributed by atoms with van der Waals surface area (Å²) in [6.45, 7) is 3.01. The van der Waals surface area contributed by atoms with Crippen molar-refractivity contribution >= 4 is 11.8 Å². The van der Waals surface area contributed by atoms with Gasteiger partial charge in [0, 0.05) is 9.64 Å². The van der Waals surface area contributed by atoms with E-state index in [9.17, 15) is 13.2 Å². The van der Waals surface area contributed by atoms with Gasteiger partial charge >= 0.3 is 6.68 Å². The average Bonchev–Trinajstić information content (AvgIpc) is 2.01. The molecule has 0 aliphatic carbocycles. The Morgan fingerprint density at radius 1 is 1.00 bits per heavy atom. The Balaban J connectivity index is 0.000000423. The second kappa shape index (κ2) is 6.77. The summed E-state index contributed by atoms with van der Waals surface area (Å²) < 4.78 is 29.3. The minimum atomic E-state index is -3.67. The zero-order valence-electron chi connectivity index (χ0n) is 9.01. The van der Waals surface area contributed by atoms with Gasteiger partial charge in [0.05, 0.1) is 0 Å². The van der Waals surface area contributed by atoms with Gasteiger partial charge in [0.25, 0.3) is 0 Å². The molecule has 0 amide bonds. The third-order valence-corrected chi connectivity index (χ3v) is 2.29. The van der Waals surface area contributed by atoms with E-state index in [1.54, 1.807) is 0 Å². The molecular weight excluding hydrogens is 221 g/mol. The van der Waals surface area contributed by atoms with Crippen molar-refractivity contribution in [3.8, 4) is 0 Å². The van der Waals surface area contributed by atoms with Crippen molar-refractivity contribution in [3.63, 3.8) is 0 Å². The monoisotopic (exact) mass is 236 g/mol. The fourth-order valence-electron chi connectivity index (χ4n) is 0.842. The summed E-state index contributed by atoms with van der Waals surface area (Å²) >= 11 is 1.90. The second-order valence-corrected chi connectivity index (χ2v) is 5.68. The van der Waals surface area contributed by atoms with E-state index >= 15 is 0 Å². The van der Waals surface area contributed by atoms with Crippen molar-refractivity contribution < 1.29 is 13.2 Å². The molecule has 0 aliphatic heterocycles. The Labute approximate surface area is 92.9 Å². The van der Waals surface area contributed by atoms with E-state index in [-0.39, 0.29) is 0 Å². The van der Waals surface area contributed by atoms with E-state index in [0.717, 1.165) is 0 Å². The number of rotatable bonds is 1. The van der Waals surface area contributed by atoms with E-state index in [1.165, 1.54) is 4.90 Å². The highest BCUT2D eigenvalue weighted by Gasteiger charge is 2.10. The molecule has 86 valence electrons. The zero-order valence-corrected chi connectivity index (χ0v) is 9.82. The Morgan fingerprint density at radius 2 is 1.40 bits per heavy atom. The fraction of sp³-hybridized carbons (Fsp3) is 0.455. The van der Waals surface area contributed by atoms with Gasteiger partial charge in [0.1, 0.15) is 0 Å². The lowest BCUT2D eigenvalue weighted by Gasteiger charge is -2.16. The van der Waals surface area contributed by atoms with Crippen molar-refractivity contribution in [2.75, 3.05) is 0 Å². The van der Waals surface area contributed by atoms with E-state index in [2.05, 4.69) is 45.0 Å². The maximum absolute atomic E-state index is 9.67. The highest BCUT2D eigenvalue weighted by atomic mass is 32.2. The third-order valence-electron chi connectivity index (χ3n) is 1.17. The van der Waals surface area contributed by atoms with Gasteiger partial charge in [-0.05, 0) is 12.1 Å². The first kappa shape index (κ1) is 14.4. The summed E-state index contributed by atoms with van der Waals surface area (Å²) in [5, 5.41) is 0. The van der Waals surface area contributed by atoms with Crippen LogP contribution in [0.3, 0.4) is 0 Å². The highest BCUT2D eigenvalue weighted by molar-refractivity contribution is 8.00. The summed E-state index contributed by atoms with van der Waals surface area (Å²) in [6.07, 6.45) is 0. The lowest BCUT2D eigenvalue weighted by atomic mass is 10.3. The molecule has 0 heterocycles. The van der Waals surface area contributed by atoms with Gasteiger partial charge in [0.15, 0.2) is 0 Å². The molecule has 1 aromatic rings. The summed E-state index contributed by atoms with van der Waals surface area (Å²) in [5.74, 6) is 0. The van der Waals surface area contributed by atoms with E-state index in [1.807, 2.05) is 17.8 Å². The van der Waals surface area contributed by atoms with Crippen molar-refractivity contribution in [2.45, 2.75) is 37.1 Å². The second-order valence-electron chi connectivity index (χ2n) is 3.77.